The summed E-state index contributed by atoms with van der Waals surface area (Å²) in [4.78, 5) is 0. The van der Waals surface area contributed by atoms with Gasteiger partial charge < -0.3 is 4.74 Å². The SMILES string of the molecule is COc1cccc(C2(CCC#N)C=CCCC2)c1. The van der Waals surface area contributed by atoms with Crippen molar-refractivity contribution in [2.24, 2.45) is 0 Å². The van der Waals surface area contributed by atoms with Gasteiger partial charge in [0.25, 0.3) is 0 Å². The maximum atomic E-state index is 8.86. The molecule has 18 heavy (non-hydrogen) atoms. The van der Waals surface area contributed by atoms with Crippen LogP contribution in [0.3, 0.4) is 0 Å². The summed E-state index contributed by atoms with van der Waals surface area (Å²) in [5.41, 5.74) is 1.30. The lowest BCUT2D eigenvalue weighted by molar-refractivity contribution is 0.404. The fraction of sp³-hybridized carbons (Fsp3) is 0.438. The monoisotopic (exact) mass is 241 g/mol. The van der Waals surface area contributed by atoms with Crippen LogP contribution < -0.4 is 4.74 Å². The molecule has 2 nitrogen and oxygen atoms in total. The lowest BCUT2D eigenvalue weighted by Gasteiger charge is -2.33. The molecule has 0 saturated carbocycles. The van der Waals surface area contributed by atoms with Crippen LogP contribution in [0, 0.1) is 11.3 Å². The third kappa shape index (κ3) is 2.56. The molecule has 0 N–H and O–H groups in total. The molecule has 1 aliphatic rings. The quantitative estimate of drug-likeness (QED) is 0.747. The van der Waals surface area contributed by atoms with Gasteiger partial charge in [0.05, 0.1) is 13.2 Å². The normalized spacial score (nSPS) is 22.4. The first-order valence-electron chi connectivity index (χ1n) is 6.50. The molecule has 0 aliphatic heterocycles. The second kappa shape index (κ2) is 5.73. The highest BCUT2D eigenvalue weighted by Crippen LogP contribution is 2.40. The molecular weight excluding hydrogens is 222 g/mol. The Balaban J connectivity index is 2.36. The maximum absolute atomic E-state index is 8.86. The zero-order chi connectivity index (χ0) is 12.8. The summed E-state index contributed by atoms with van der Waals surface area (Å²) in [7, 11) is 1.69. The van der Waals surface area contributed by atoms with Gasteiger partial charge in [0.1, 0.15) is 5.75 Å². The van der Waals surface area contributed by atoms with E-state index in [1.165, 1.54) is 12.0 Å². The van der Waals surface area contributed by atoms with Crippen LogP contribution in [0.25, 0.3) is 0 Å². The van der Waals surface area contributed by atoms with Crippen molar-refractivity contribution >= 4 is 0 Å². The molecule has 1 unspecified atom stereocenters. The van der Waals surface area contributed by atoms with Crippen molar-refractivity contribution in [3.63, 3.8) is 0 Å². The van der Waals surface area contributed by atoms with Crippen LogP contribution in [0.1, 0.15) is 37.7 Å². The lowest BCUT2D eigenvalue weighted by Crippen LogP contribution is -2.25. The highest BCUT2D eigenvalue weighted by atomic mass is 16.5. The highest BCUT2D eigenvalue weighted by molar-refractivity contribution is 5.38. The zero-order valence-corrected chi connectivity index (χ0v) is 10.9. The van der Waals surface area contributed by atoms with Gasteiger partial charge in [0.2, 0.25) is 0 Å². The van der Waals surface area contributed by atoms with Crippen molar-refractivity contribution in [3.8, 4) is 11.8 Å². The van der Waals surface area contributed by atoms with Crippen molar-refractivity contribution < 1.29 is 4.74 Å². The molecule has 0 spiro atoms. The van der Waals surface area contributed by atoms with E-state index < -0.39 is 0 Å². The van der Waals surface area contributed by atoms with Crippen molar-refractivity contribution in [2.75, 3.05) is 7.11 Å². The van der Waals surface area contributed by atoms with Crippen LogP contribution in [-0.2, 0) is 5.41 Å². The summed E-state index contributed by atoms with van der Waals surface area (Å²) >= 11 is 0. The van der Waals surface area contributed by atoms with Crippen molar-refractivity contribution in [2.45, 2.75) is 37.5 Å². The van der Waals surface area contributed by atoms with Gasteiger partial charge in [-0.25, -0.2) is 0 Å². The van der Waals surface area contributed by atoms with Crippen LogP contribution in [0.2, 0.25) is 0 Å². The van der Waals surface area contributed by atoms with E-state index in [1.54, 1.807) is 7.11 Å². The maximum Gasteiger partial charge on any atom is 0.119 e. The molecule has 2 heteroatoms. The number of rotatable bonds is 4. The minimum absolute atomic E-state index is 0.0303. The average Bonchev–Trinajstić information content (AvgIpc) is 2.46. The van der Waals surface area contributed by atoms with E-state index in [0.29, 0.717) is 6.42 Å². The predicted molar refractivity (Wildman–Crippen MR) is 72.5 cm³/mol. The Morgan fingerprint density at radius 1 is 1.44 bits per heavy atom. The molecule has 0 radical (unpaired) electrons. The van der Waals surface area contributed by atoms with Crippen molar-refractivity contribution in [3.05, 3.63) is 42.0 Å². The topological polar surface area (TPSA) is 33.0 Å². The van der Waals surface area contributed by atoms with E-state index in [0.717, 1.165) is 25.0 Å². The molecule has 2 rings (SSSR count). The Kier molecular flexibility index (Phi) is 4.04. The van der Waals surface area contributed by atoms with E-state index in [9.17, 15) is 0 Å². The number of allylic oxidation sites excluding steroid dienone is 2. The summed E-state index contributed by atoms with van der Waals surface area (Å²) in [6.45, 7) is 0. The molecule has 0 bridgehead atoms. The van der Waals surface area contributed by atoms with Gasteiger partial charge in [-0.05, 0) is 43.4 Å². The first kappa shape index (κ1) is 12.7. The second-order valence-electron chi connectivity index (χ2n) is 4.84. The molecule has 0 heterocycles. The average molecular weight is 241 g/mol. The van der Waals surface area contributed by atoms with Crippen molar-refractivity contribution in [1.82, 2.24) is 0 Å². The molecule has 1 atom stereocenters. The molecule has 0 aromatic heterocycles. The van der Waals surface area contributed by atoms with Crippen LogP contribution in [0.15, 0.2) is 36.4 Å². The Morgan fingerprint density at radius 3 is 3.00 bits per heavy atom. The van der Waals surface area contributed by atoms with Gasteiger partial charge in [-0.1, -0.05) is 24.3 Å². The second-order valence-corrected chi connectivity index (χ2v) is 4.84. The Hall–Kier alpha value is -1.75. The lowest BCUT2D eigenvalue weighted by atomic mass is 9.70. The number of hydrogen-bond donors (Lipinski definition) is 0. The van der Waals surface area contributed by atoms with Crippen LogP contribution in [0.5, 0.6) is 5.75 Å². The first-order valence-corrected chi connectivity index (χ1v) is 6.50. The van der Waals surface area contributed by atoms with E-state index >= 15 is 0 Å². The van der Waals surface area contributed by atoms with Crippen LogP contribution in [0.4, 0.5) is 0 Å². The molecule has 0 fully saturated rings. The molecule has 1 aromatic rings. The summed E-state index contributed by atoms with van der Waals surface area (Å²) in [5.74, 6) is 0.891. The minimum atomic E-state index is 0.0303. The smallest absolute Gasteiger partial charge is 0.119 e. The zero-order valence-electron chi connectivity index (χ0n) is 10.9. The first-order chi connectivity index (χ1) is 8.80. The molecule has 1 aromatic carbocycles. The number of ether oxygens (including phenoxy) is 1. The number of nitrogens with zero attached hydrogens (tertiary/aromatic N) is 1. The Bertz CT molecular complexity index is 472. The van der Waals surface area contributed by atoms with Gasteiger partial charge in [-0.3, -0.25) is 0 Å². The van der Waals surface area contributed by atoms with Gasteiger partial charge >= 0.3 is 0 Å². The largest absolute Gasteiger partial charge is 0.497 e. The molecule has 0 amide bonds. The summed E-state index contributed by atoms with van der Waals surface area (Å²) in [6, 6.07) is 10.5. The number of benzene rings is 1. The van der Waals surface area contributed by atoms with E-state index in [-0.39, 0.29) is 5.41 Å². The van der Waals surface area contributed by atoms with E-state index in [2.05, 4.69) is 30.4 Å². The summed E-state index contributed by atoms with van der Waals surface area (Å²) in [5, 5.41) is 8.86. The Labute approximate surface area is 109 Å². The Morgan fingerprint density at radius 2 is 2.33 bits per heavy atom. The van der Waals surface area contributed by atoms with E-state index in [4.69, 9.17) is 10.00 Å². The van der Waals surface area contributed by atoms with Crippen LogP contribution >= 0.6 is 0 Å². The predicted octanol–water partition coefficient (Wildman–Crippen LogP) is 3.98. The minimum Gasteiger partial charge on any atom is -0.497 e. The summed E-state index contributed by atoms with van der Waals surface area (Å²) < 4.78 is 5.31. The van der Waals surface area contributed by atoms with Gasteiger partial charge in [0, 0.05) is 11.8 Å². The fourth-order valence-electron chi connectivity index (χ4n) is 2.73. The molecular formula is C16H19NO. The van der Waals surface area contributed by atoms with E-state index in [1.807, 2.05) is 12.1 Å². The van der Waals surface area contributed by atoms with Crippen LogP contribution in [-0.4, -0.2) is 7.11 Å². The summed E-state index contributed by atoms with van der Waals surface area (Å²) in [6.07, 6.45) is 9.51. The number of hydrogen-bond acceptors (Lipinski definition) is 2. The number of methoxy groups -OCH3 is 1. The molecule has 1 aliphatic carbocycles. The standard InChI is InChI=1S/C16H19NO/c1-18-15-8-5-7-14(13-15)16(11-6-12-17)9-3-2-4-10-16/h3,5,7-9,13H,2,4,6,10-11H2,1H3. The third-order valence-electron chi connectivity index (χ3n) is 3.76. The van der Waals surface area contributed by atoms with Gasteiger partial charge in [-0.2, -0.15) is 5.26 Å². The molecule has 0 saturated heterocycles. The number of nitriles is 1. The molecule has 94 valence electrons. The fourth-order valence-corrected chi connectivity index (χ4v) is 2.73. The third-order valence-corrected chi connectivity index (χ3v) is 3.76. The highest BCUT2D eigenvalue weighted by Gasteiger charge is 2.30. The van der Waals surface area contributed by atoms with Crippen molar-refractivity contribution in [1.29, 1.82) is 5.26 Å². The van der Waals surface area contributed by atoms with Gasteiger partial charge in [0.15, 0.2) is 0 Å². The van der Waals surface area contributed by atoms with Gasteiger partial charge in [-0.15, -0.1) is 0 Å².